The first-order chi connectivity index (χ1) is 7.68. The predicted octanol–water partition coefficient (Wildman–Crippen LogP) is 1.76. The quantitative estimate of drug-likeness (QED) is 0.881. The van der Waals surface area contributed by atoms with Gasteiger partial charge in [-0.3, -0.25) is 0 Å². The third-order valence-electron chi connectivity index (χ3n) is 2.10. The molecule has 1 N–H and O–H groups in total. The zero-order valence-corrected chi connectivity index (χ0v) is 9.40. The molecule has 2 aromatic rings. The van der Waals surface area contributed by atoms with E-state index in [1.807, 2.05) is 17.8 Å². The molecule has 2 rings (SSSR count). The summed E-state index contributed by atoms with van der Waals surface area (Å²) in [6.07, 6.45) is 3.48. The molecule has 5 nitrogen and oxygen atoms in total. The van der Waals surface area contributed by atoms with Crippen molar-refractivity contribution in [3.63, 3.8) is 0 Å². The molecular formula is C10H10N2O3S. The lowest BCUT2D eigenvalue weighted by Gasteiger charge is -2.05. The van der Waals surface area contributed by atoms with Crippen LogP contribution >= 0.6 is 11.3 Å². The second kappa shape index (κ2) is 4.36. The van der Waals surface area contributed by atoms with E-state index in [0.717, 1.165) is 17.2 Å². The van der Waals surface area contributed by atoms with E-state index >= 15 is 0 Å². The number of hydrogen-bond donors (Lipinski definition) is 1. The van der Waals surface area contributed by atoms with Crippen molar-refractivity contribution in [1.82, 2.24) is 9.55 Å². The van der Waals surface area contributed by atoms with Gasteiger partial charge in [-0.15, -0.1) is 11.3 Å². The van der Waals surface area contributed by atoms with Gasteiger partial charge in [0, 0.05) is 19.4 Å². The lowest BCUT2D eigenvalue weighted by atomic mass is 10.4. The van der Waals surface area contributed by atoms with Crippen LogP contribution < -0.4 is 4.74 Å². The number of aromatic nitrogens is 2. The molecule has 0 aliphatic carbocycles. The van der Waals surface area contributed by atoms with E-state index in [0.29, 0.717) is 5.75 Å². The Morgan fingerprint density at radius 3 is 3.12 bits per heavy atom. The Bertz CT molecular complexity index is 504. The second-order valence-corrected chi connectivity index (χ2v) is 4.08. The van der Waals surface area contributed by atoms with E-state index in [1.54, 1.807) is 17.6 Å². The number of aromatic carboxylic acids is 1. The number of ether oxygens (including phenoxy) is 1. The molecule has 16 heavy (non-hydrogen) atoms. The normalized spacial score (nSPS) is 10.3. The molecule has 0 bridgehead atoms. The molecular weight excluding hydrogens is 228 g/mol. The molecule has 0 saturated heterocycles. The smallest absolute Gasteiger partial charge is 0.349 e. The Morgan fingerprint density at radius 2 is 2.50 bits per heavy atom. The van der Waals surface area contributed by atoms with E-state index in [9.17, 15) is 4.79 Å². The van der Waals surface area contributed by atoms with Crippen molar-refractivity contribution in [2.24, 2.45) is 7.05 Å². The molecule has 0 spiro atoms. The monoisotopic (exact) mass is 238 g/mol. The van der Waals surface area contributed by atoms with Gasteiger partial charge in [-0.2, -0.15) is 0 Å². The topological polar surface area (TPSA) is 64.4 Å². The minimum Gasteiger partial charge on any atom is -0.484 e. The average molecular weight is 238 g/mol. The van der Waals surface area contributed by atoms with Gasteiger partial charge in [0.2, 0.25) is 0 Å². The van der Waals surface area contributed by atoms with Crippen LogP contribution in [0.1, 0.15) is 15.5 Å². The van der Waals surface area contributed by atoms with Gasteiger partial charge in [0.05, 0.1) is 0 Å². The summed E-state index contributed by atoms with van der Waals surface area (Å²) in [6, 6.07) is 1.65. The molecule has 2 heterocycles. The van der Waals surface area contributed by atoms with Gasteiger partial charge in [0.15, 0.2) is 4.88 Å². The van der Waals surface area contributed by atoms with Crippen LogP contribution in [0.2, 0.25) is 0 Å². The molecule has 0 unspecified atom stereocenters. The van der Waals surface area contributed by atoms with Crippen LogP contribution in [0.5, 0.6) is 5.75 Å². The fraction of sp³-hybridized carbons (Fsp3) is 0.200. The van der Waals surface area contributed by atoms with Crippen molar-refractivity contribution in [3.05, 3.63) is 34.5 Å². The summed E-state index contributed by atoms with van der Waals surface area (Å²) >= 11 is 1.15. The maximum Gasteiger partial charge on any atom is 0.349 e. The molecule has 2 aromatic heterocycles. The Kier molecular flexibility index (Phi) is 2.91. The third kappa shape index (κ3) is 2.06. The molecule has 0 fully saturated rings. The summed E-state index contributed by atoms with van der Waals surface area (Å²) in [5, 5.41) is 10.6. The van der Waals surface area contributed by atoms with E-state index < -0.39 is 5.97 Å². The SMILES string of the molecule is Cn1ccnc1COc1ccsc1C(=O)O. The number of rotatable bonds is 4. The lowest BCUT2D eigenvalue weighted by molar-refractivity contribution is 0.0697. The first-order valence-electron chi connectivity index (χ1n) is 4.58. The van der Waals surface area contributed by atoms with Crippen molar-refractivity contribution >= 4 is 17.3 Å². The predicted molar refractivity (Wildman–Crippen MR) is 58.8 cm³/mol. The molecule has 0 amide bonds. The third-order valence-corrected chi connectivity index (χ3v) is 2.98. The van der Waals surface area contributed by atoms with Gasteiger partial charge in [0.1, 0.15) is 18.2 Å². The van der Waals surface area contributed by atoms with Crippen LogP contribution in [0, 0.1) is 0 Å². The highest BCUT2D eigenvalue weighted by Gasteiger charge is 2.13. The number of nitrogens with zero attached hydrogens (tertiary/aromatic N) is 2. The minimum atomic E-state index is -0.968. The Balaban J connectivity index is 2.08. The first kappa shape index (κ1) is 10.7. The number of hydrogen-bond acceptors (Lipinski definition) is 4. The van der Waals surface area contributed by atoms with Crippen LogP contribution in [-0.4, -0.2) is 20.6 Å². The van der Waals surface area contributed by atoms with E-state index in [-0.39, 0.29) is 11.5 Å². The summed E-state index contributed by atoms with van der Waals surface area (Å²) in [6.45, 7) is 0.264. The molecule has 84 valence electrons. The Morgan fingerprint density at radius 1 is 1.69 bits per heavy atom. The summed E-state index contributed by atoms with van der Waals surface area (Å²) in [4.78, 5) is 15.1. The summed E-state index contributed by atoms with van der Waals surface area (Å²) in [5.74, 6) is 0.174. The number of carbonyl (C=O) groups is 1. The zero-order chi connectivity index (χ0) is 11.5. The fourth-order valence-electron chi connectivity index (χ4n) is 1.24. The molecule has 0 radical (unpaired) electrons. The molecule has 0 saturated carbocycles. The van der Waals surface area contributed by atoms with Crippen molar-refractivity contribution in [2.75, 3.05) is 0 Å². The molecule has 0 aromatic carbocycles. The maximum absolute atomic E-state index is 10.8. The summed E-state index contributed by atoms with van der Waals surface area (Å²) in [7, 11) is 1.86. The van der Waals surface area contributed by atoms with Crippen LogP contribution in [0.4, 0.5) is 0 Å². The molecule has 0 atom stereocenters. The number of aryl methyl sites for hydroxylation is 1. The minimum absolute atomic E-state index is 0.217. The number of carboxylic acids is 1. The van der Waals surface area contributed by atoms with E-state index in [4.69, 9.17) is 9.84 Å². The number of thiophene rings is 1. The van der Waals surface area contributed by atoms with Crippen LogP contribution in [0.15, 0.2) is 23.8 Å². The van der Waals surface area contributed by atoms with E-state index in [1.165, 1.54) is 0 Å². The Labute approximate surface area is 95.9 Å². The van der Waals surface area contributed by atoms with Crippen molar-refractivity contribution < 1.29 is 14.6 Å². The zero-order valence-electron chi connectivity index (χ0n) is 8.58. The van der Waals surface area contributed by atoms with Gasteiger partial charge in [0.25, 0.3) is 0 Å². The highest BCUT2D eigenvalue weighted by Crippen LogP contribution is 2.25. The Hall–Kier alpha value is -1.82. The van der Waals surface area contributed by atoms with Crippen molar-refractivity contribution in [3.8, 4) is 5.75 Å². The van der Waals surface area contributed by atoms with Gasteiger partial charge >= 0.3 is 5.97 Å². The largest absolute Gasteiger partial charge is 0.484 e. The van der Waals surface area contributed by atoms with Crippen molar-refractivity contribution in [1.29, 1.82) is 0 Å². The maximum atomic E-state index is 10.8. The highest BCUT2D eigenvalue weighted by atomic mass is 32.1. The second-order valence-electron chi connectivity index (χ2n) is 3.16. The highest BCUT2D eigenvalue weighted by molar-refractivity contribution is 7.12. The van der Waals surface area contributed by atoms with Gasteiger partial charge in [-0.05, 0) is 11.4 Å². The van der Waals surface area contributed by atoms with Gasteiger partial charge < -0.3 is 14.4 Å². The van der Waals surface area contributed by atoms with Crippen LogP contribution in [0.25, 0.3) is 0 Å². The van der Waals surface area contributed by atoms with Gasteiger partial charge in [-0.25, -0.2) is 9.78 Å². The van der Waals surface area contributed by atoms with Crippen LogP contribution in [0.3, 0.4) is 0 Å². The van der Waals surface area contributed by atoms with Crippen molar-refractivity contribution in [2.45, 2.75) is 6.61 Å². The molecule has 0 aliphatic heterocycles. The molecule has 6 heteroatoms. The first-order valence-corrected chi connectivity index (χ1v) is 5.46. The van der Waals surface area contributed by atoms with E-state index in [2.05, 4.69) is 4.98 Å². The fourth-order valence-corrected chi connectivity index (χ4v) is 1.92. The van der Waals surface area contributed by atoms with Crippen LogP contribution in [-0.2, 0) is 13.7 Å². The number of imidazole rings is 1. The van der Waals surface area contributed by atoms with Gasteiger partial charge in [-0.1, -0.05) is 0 Å². The average Bonchev–Trinajstić information content (AvgIpc) is 2.83. The summed E-state index contributed by atoms with van der Waals surface area (Å²) < 4.78 is 7.24. The standard InChI is InChI=1S/C10H10N2O3S/c1-12-4-3-11-8(12)6-15-7-2-5-16-9(7)10(13)14/h2-5H,6H2,1H3,(H,13,14). The number of carboxylic acid groups (broad SMARTS) is 1. The summed E-state index contributed by atoms with van der Waals surface area (Å²) in [5.41, 5.74) is 0. The lowest BCUT2D eigenvalue weighted by Crippen LogP contribution is -2.04. The molecule has 0 aliphatic rings.